The molecule has 1 N–H and O–H groups in total. The minimum absolute atomic E-state index is 0.00105. The topological polar surface area (TPSA) is 107 Å². The Morgan fingerprint density at radius 3 is 2.50 bits per heavy atom. The summed E-state index contributed by atoms with van der Waals surface area (Å²) in [7, 11) is 1.65. The Morgan fingerprint density at radius 2 is 1.94 bits per heavy atom. The molecule has 10 heteroatoms. The largest absolute Gasteiger partial charge is 0.481 e. The van der Waals surface area contributed by atoms with Gasteiger partial charge in [0.05, 0.1) is 11.3 Å². The van der Waals surface area contributed by atoms with E-state index in [1.54, 1.807) is 20.0 Å². The van der Waals surface area contributed by atoms with Crippen molar-refractivity contribution in [2.45, 2.75) is 33.6 Å². The Hall–Kier alpha value is -2.64. The average molecular weight is 475 g/mol. The van der Waals surface area contributed by atoms with Crippen LogP contribution in [0.25, 0.3) is 6.08 Å². The number of carbonyl (C=O) groups is 2. The first kappa shape index (κ1) is 24.0. The standard InChI is InChI=1S/C22H26N4O4S2/c1-12-7-13(2)11-25(10-12)19-15(14(3)16(9-23)20(29)24(19)4)8-17-21(30)26(22(31)32-17)6-5-18(27)28/h8,12-13H,5-7,10-11H2,1-4H3,(H,27,28)/b17-8-. The van der Waals surface area contributed by atoms with E-state index in [0.717, 1.165) is 31.3 Å². The van der Waals surface area contributed by atoms with Crippen LogP contribution in [-0.4, -0.2) is 50.4 Å². The zero-order chi connectivity index (χ0) is 23.7. The van der Waals surface area contributed by atoms with Crippen molar-refractivity contribution in [1.82, 2.24) is 9.47 Å². The van der Waals surface area contributed by atoms with Crippen molar-refractivity contribution in [2.24, 2.45) is 18.9 Å². The van der Waals surface area contributed by atoms with Gasteiger partial charge in [-0.05, 0) is 36.8 Å². The summed E-state index contributed by atoms with van der Waals surface area (Å²) in [5.41, 5.74) is 0.843. The van der Waals surface area contributed by atoms with E-state index in [0.29, 0.717) is 38.0 Å². The van der Waals surface area contributed by atoms with Gasteiger partial charge in [0, 0.05) is 32.2 Å². The molecule has 2 fully saturated rings. The molecule has 170 valence electrons. The lowest BCUT2D eigenvalue weighted by Crippen LogP contribution is -2.42. The Bertz CT molecular complexity index is 1110. The number of rotatable bonds is 5. The Balaban J connectivity index is 2.13. The Labute approximate surface area is 196 Å². The average Bonchev–Trinajstić information content (AvgIpc) is 2.97. The van der Waals surface area contributed by atoms with Gasteiger partial charge in [-0.1, -0.05) is 37.8 Å². The van der Waals surface area contributed by atoms with E-state index >= 15 is 0 Å². The highest BCUT2D eigenvalue weighted by Gasteiger charge is 2.34. The van der Waals surface area contributed by atoms with Crippen LogP contribution in [0.3, 0.4) is 0 Å². The molecule has 0 spiro atoms. The molecule has 8 nitrogen and oxygen atoms in total. The summed E-state index contributed by atoms with van der Waals surface area (Å²) >= 11 is 6.40. The lowest BCUT2D eigenvalue weighted by molar-refractivity contribution is -0.137. The van der Waals surface area contributed by atoms with Gasteiger partial charge in [0.1, 0.15) is 21.8 Å². The zero-order valence-corrected chi connectivity index (χ0v) is 20.2. The summed E-state index contributed by atoms with van der Waals surface area (Å²) in [6.45, 7) is 7.60. The van der Waals surface area contributed by atoms with Crippen LogP contribution in [0.4, 0.5) is 5.82 Å². The van der Waals surface area contributed by atoms with Crippen LogP contribution in [0.15, 0.2) is 9.70 Å². The van der Waals surface area contributed by atoms with Gasteiger partial charge in [0.15, 0.2) is 0 Å². The fraction of sp³-hybridized carbons (Fsp3) is 0.500. The molecule has 0 radical (unpaired) electrons. The third-order valence-electron chi connectivity index (χ3n) is 5.83. The number of amides is 1. The third kappa shape index (κ3) is 4.59. The fourth-order valence-corrected chi connectivity index (χ4v) is 5.75. The molecule has 2 saturated heterocycles. The number of thioether (sulfide) groups is 1. The predicted octanol–water partition coefficient (Wildman–Crippen LogP) is 2.72. The van der Waals surface area contributed by atoms with Gasteiger partial charge in [-0.25, -0.2) is 0 Å². The molecule has 0 aliphatic carbocycles. The number of hydrogen-bond donors (Lipinski definition) is 1. The Kier molecular flexibility index (Phi) is 7.10. The highest BCUT2D eigenvalue weighted by molar-refractivity contribution is 8.26. The lowest BCUT2D eigenvalue weighted by Gasteiger charge is -2.38. The molecule has 2 unspecified atom stereocenters. The van der Waals surface area contributed by atoms with Crippen LogP contribution in [-0.2, 0) is 16.6 Å². The zero-order valence-electron chi connectivity index (χ0n) is 18.5. The van der Waals surface area contributed by atoms with Crippen molar-refractivity contribution >= 4 is 52.1 Å². The predicted molar refractivity (Wildman–Crippen MR) is 128 cm³/mol. The summed E-state index contributed by atoms with van der Waals surface area (Å²) in [5, 5.41) is 18.5. The van der Waals surface area contributed by atoms with Crippen molar-refractivity contribution in [3.05, 3.63) is 31.9 Å². The van der Waals surface area contributed by atoms with Gasteiger partial charge in [-0.2, -0.15) is 5.26 Å². The molecular weight excluding hydrogens is 448 g/mol. The van der Waals surface area contributed by atoms with Crippen LogP contribution in [0, 0.1) is 30.1 Å². The number of aromatic nitrogens is 1. The molecule has 0 bridgehead atoms. The number of piperidine rings is 1. The first-order valence-corrected chi connectivity index (χ1v) is 11.6. The number of nitrogens with zero attached hydrogens (tertiary/aromatic N) is 4. The number of thiocarbonyl (C=S) groups is 1. The number of anilines is 1. The van der Waals surface area contributed by atoms with E-state index in [4.69, 9.17) is 17.3 Å². The maximum absolute atomic E-state index is 13.0. The molecule has 3 rings (SSSR count). The molecule has 2 atom stereocenters. The minimum Gasteiger partial charge on any atom is -0.481 e. The molecule has 1 amide bonds. The highest BCUT2D eigenvalue weighted by atomic mass is 32.2. The molecular formula is C22H26N4O4S2. The first-order valence-electron chi connectivity index (χ1n) is 10.4. The maximum Gasteiger partial charge on any atom is 0.305 e. The number of nitriles is 1. The lowest BCUT2D eigenvalue weighted by atomic mass is 9.91. The van der Waals surface area contributed by atoms with Gasteiger partial charge in [0.2, 0.25) is 0 Å². The maximum atomic E-state index is 13.0. The minimum atomic E-state index is -1.01. The number of carboxylic acid groups (broad SMARTS) is 1. The fourth-order valence-electron chi connectivity index (χ4n) is 4.46. The number of carbonyl (C=O) groups excluding carboxylic acids is 1. The molecule has 32 heavy (non-hydrogen) atoms. The van der Waals surface area contributed by atoms with Crippen LogP contribution in [0.2, 0.25) is 0 Å². The van der Waals surface area contributed by atoms with Gasteiger partial charge in [-0.3, -0.25) is 23.9 Å². The van der Waals surface area contributed by atoms with Crippen molar-refractivity contribution in [1.29, 1.82) is 5.26 Å². The summed E-state index contributed by atoms with van der Waals surface area (Å²) in [4.78, 5) is 40.6. The Morgan fingerprint density at radius 1 is 1.31 bits per heavy atom. The summed E-state index contributed by atoms with van der Waals surface area (Å²) in [5.74, 6) is 0.185. The van der Waals surface area contributed by atoms with Gasteiger partial charge in [-0.15, -0.1) is 0 Å². The van der Waals surface area contributed by atoms with Crippen molar-refractivity contribution in [3.8, 4) is 6.07 Å². The van der Waals surface area contributed by atoms with E-state index in [2.05, 4.69) is 18.7 Å². The van der Waals surface area contributed by atoms with Gasteiger partial charge >= 0.3 is 5.97 Å². The summed E-state index contributed by atoms with van der Waals surface area (Å²) < 4.78 is 1.79. The summed E-state index contributed by atoms with van der Waals surface area (Å²) in [6.07, 6.45) is 2.58. The molecule has 0 aromatic carbocycles. The van der Waals surface area contributed by atoms with E-state index in [1.165, 1.54) is 9.47 Å². The van der Waals surface area contributed by atoms with Crippen molar-refractivity contribution < 1.29 is 14.7 Å². The van der Waals surface area contributed by atoms with Crippen molar-refractivity contribution in [3.63, 3.8) is 0 Å². The second-order valence-electron chi connectivity index (χ2n) is 8.54. The van der Waals surface area contributed by atoms with Crippen LogP contribution >= 0.6 is 24.0 Å². The summed E-state index contributed by atoms with van der Waals surface area (Å²) in [6, 6.07) is 2.00. The van der Waals surface area contributed by atoms with Crippen LogP contribution in [0.1, 0.15) is 43.4 Å². The SMILES string of the molecule is Cc1c(/C=C2\SC(=S)N(CCC(=O)O)C2=O)c(N2CC(C)CC(C)C2)n(C)c(=O)c1C#N. The van der Waals surface area contributed by atoms with E-state index in [1.807, 2.05) is 6.07 Å². The number of pyridine rings is 1. The van der Waals surface area contributed by atoms with E-state index in [9.17, 15) is 19.6 Å². The third-order valence-corrected chi connectivity index (χ3v) is 7.21. The smallest absolute Gasteiger partial charge is 0.305 e. The molecule has 2 aliphatic heterocycles. The molecule has 1 aromatic rings. The molecule has 2 aliphatic rings. The number of aliphatic carboxylic acids is 1. The van der Waals surface area contributed by atoms with Gasteiger partial charge in [0.25, 0.3) is 11.5 Å². The molecule has 3 heterocycles. The quantitative estimate of drug-likeness (QED) is 0.513. The van der Waals surface area contributed by atoms with Crippen molar-refractivity contribution in [2.75, 3.05) is 24.5 Å². The molecule has 0 saturated carbocycles. The monoisotopic (exact) mass is 474 g/mol. The first-order chi connectivity index (χ1) is 15.0. The second kappa shape index (κ2) is 9.46. The van der Waals surface area contributed by atoms with Gasteiger partial charge < -0.3 is 10.0 Å². The molecule has 1 aromatic heterocycles. The second-order valence-corrected chi connectivity index (χ2v) is 10.2. The van der Waals surface area contributed by atoms with Crippen LogP contribution < -0.4 is 10.5 Å². The van der Waals surface area contributed by atoms with E-state index in [-0.39, 0.29) is 30.0 Å². The highest BCUT2D eigenvalue weighted by Crippen LogP contribution is 2.37. The number of hydrogen-bond acceptors (Lipinski definition) is 7. The number of carboxylic acids is 1. The normalized spacial score (nSPS) is 22.5. The van der Waals surface area contributed by atoms with Crippen LogP contribution in [0.5, 0.6) is 0 Å². The van der Waals surface area contributed by atoms with E-state index < -0.39 is 5.97 Å².